The zero-order valence-electron chi connectivity index (χ0n) is 13.3. The van der Waals surface area contributed by atoms with E-state index in [-0.39, 0.29) is 5.56 Å². The molecule has 0 radical (unpaired) electrons. The summed E-state index contributed by atoms with van der Waals surface area (Å²) < 4.78 is 5.32. The number of rotatable bonds is 4. The summed E-state index contributed by atoms with van der Waals surface area (Å²) in [6, 6.07) is 2.11. The molecule has 4 rings (SSSR count). The SMILES string of the molecule is CCc1cc2c(NCc3nc4c(c(=O)[nH]3)COCC4)ncnc2s1. The lowest BCUT2D eigenvalue weighted by Gasteiger charge is -2.15. The molecule has 0 amide bonds. The Kier molecular flexibility index (Phi) is 3.99. The first-order chi connectivity index (χ1) is 11.7. The number of hydrogen-bond donors (Lipinski definition) is 2. The van der Waals surface area contributed by atoms with E-state index in [0.717, 1.165) is 28.1 Å². The normalized spacial score (nSPS) is 13.9. The molecule has 3 aromatic rings. The second-order valence-electron chi connectivity index (χ2n) is 5.60. The first-order valence-corrected chi connectivity index (χ1v) is 8.72. The zero-order valence-corrected chi connectivity index (χ0v) is 14.1. The van der Waals surface area contributed by atoms with Gasteiger partial charge >= 0.3 is 0 Å². The molecule has 0 bridgehead atoms. The van der Waals surface area contributed by atoms with Gasteiger partial charge in [0.2, 0.25) is 0 Å². The summed E-state index contributed by atoms with van der Waals surface area (Å²) in [7, 11) is 0. The van der Waals surface area contributed by atoms with Crippen molar-refractivity contribution in [2.75, 3.05) is 11.9 Å². The van der Waals surface area contributed by atoms with Crippen molar-refractivity contribution < 1.29 is 4.74 Å². The van der Waals surface area contributed by atoms with Crippen molar-refractivity contribution in [3.05, 3.63) is 44.7 Å². The molecule has 2 N–H and O–H groups in total. The van der Waals surface area contributed by atoms with Crippen LogP contribution in [0.3, 0.4) is 0 Å². The molecule has 0 aromatic carbocycles. The Morgan fingerprint density at radius 3 is 3.21 bits per heavy atom. The number of thiophene rings is 1. The lowest BCUT2D eigenvalue weighted by Crippen LogP contribution is -2.26. The molecule has 24 heavy (non-hydrogen) atoms. The van der Waals surface area contributed by atoms with Gasteiger partial charge in [0.25, 0.3) is 5.56 Å². The van der Waals surface area contributed by atoms with Crippen LogP contribution in [0.1, 0.15) is 28.9 Å². The van der Waals surface area contributed by atoms with Crippen molar-refractivity contribution in [1.29, 1.82) is 0 Å². The summed E-state index contributed by atoms with van der Waals surface area (Å²) in [4.78, 5) is 30.4. The van der Waals surface area contributed by atoms with Crippen molar-refractivity contribution in [3.8, 4) is 0 Å². The molecule has 7 nitrogen and oxygen atoms in total. The molecule has 3 aromatic heterocycles. The molecule has 124 valence electrons. The maximum atomic E-state index is 12.1. The van der Waals surface area contributed by atoms with Crippen LogP contribution in [0.15, 0.2) is 17.2 Å². The van der Waals surface area contributed by atoms with Crippen molar-refractivity contribution in [3.63, 3.8) is 0 Å². The van der Waals surface area contributed by atoms with E-state index in [1.54, 1.807) is 17.7 Å². The maximum absolute atomic E-state index is 12.1. The molecule has 0 saturated carbocycles. The average Bonchev–Trinajstić information content (AvgIpc) is 3.04. The van der Waals surface area contributed by atoms with E-state index in [2.05, 4.69) is 38.2 Å². The largest absolute Gasteiger partial charge is 0.376 e. The number of nitrogens with zero attached hydrogens (tertiary/aromatic N) is 3. The van der Waals surface area contributed by atoms with E-state index >= 15 is 0 Å². The molecular weight excluding hydrogens is 326 g/mol. The van der Waals surface area contributed by atoms with E-state index in [9.17, 15) is 4.79 Å². The summed E-state index contributed by atoms with van der Waals surface area (Å²) >= 11 is 1.68. The second-order valence-corrected chi connectivity index (χ2v) is 6.72. The molecule has 0 atom stereocenters. The summed E-state index contributed by atoms with van der Waals surface area (Å²) in [5, 5.41) is 4.27. The van der Waals surface area contributed by atoms with Gasteiger partial charge in [0, 0.05) is 11.3 Å². The number of aromatic nitrogens is 4. The Balaban J connectivity index is 1.60. The van der Waals surface area contributed by atoms with E-state index in [4.69, 9.17) is 4.74 Å². The summed E-state index contributed by atoms with van der Waals surface area (Å²) in [6.07, 6.45) is 3.21. The van der Waals surface area contributed by atoms with Gasteiger partial charge in [0.05, 0.1) is 36.4 Å². The number of hydrogen-bond acceptors (Lipinski definition) is 7. The molecule has 0 saturated heterocycles. The van der Waals surface area contributed by atoms with Gasteiger partial charge in [0.15, 0.2) is 0 Å². The topological polar surface area (TPSA) is 92.8 Å². The second kappa shape index (κ2) is 6.29. The number of H-pyrrole nitrogens is 1. The van der Waals surface area contributed by atoms with E-state index in [0.29, 0.717) is 37.6 Å². The smallest absolute Gasteiger partial charge is 0.256 e. The monoisotopic (exact) mass is 343 g/mol. The summed E-state index contributed by atoms with van der Waals surface area (Å²) in [6.45, 7) is 3.48. The van der Waals surface area contributed by atoms with Crippen LogP contribution in [0.2, 0.25) is 0 Å². The third-order valence-electron chi connectivity index (χ3n) is 4.03. The van der Waals surface area contributed by atoms with Gasteiger partial charge in [-0.1, -0.05) is 6.92 Å². The first-order valence-electron chi connectivity index (χ1n) is 7.90. The number of aryl methyl sites for hydroxylation is 1. The average molecular weight is 343 g/mol. The van der Waals surface area contributed by atoms with Crippen LogP contribution in [0.5, 0.6) is 0 Å². The van der Waals surface area contributed by atoms with E-state index in [1.165, 1.54) is 4.88 Å². The highest BCUT2D eigenvalue weighted by molar-refractivity contribution is 7.18. The number of anilines is 1. The van der Waals surface area contributed by atoms with E-state index < -0.39 is 0 Å². The molecule has 0 unspecified atom stereocenters. The molecule has 0 fully saturated rings. The standard InChI is InChI=1S/C16H17N5O2S/c1-2-9-5-10-14(18-8-19-16(10)24-9)17-6-13-20-12-3-4-23-7-11(12)15(22)21-13/h5,8H,2-4,6-7H2,1H3,(H,17,18,19)(H,20,21,22). The Hall–Kier alpha value is -2.32. The fraction of sp³-hybridized carbons (Fsp3) is 0.375. The lowest BCUT2D eigenvalue weighted by atomic mass is 10.1. The van der Waals surface area contributed by atoms with Crippen molar-refractivity contribution >= 4 is 27.4 Å². The predicted molar refractivity (Wildman–Crippen MR) is 92.3 cm³/mol. The van der Waals surface area contributed by atoms with Crippen LogP contribution in [-0.2, 0) is 30.7 Å². The number of nitrogens with one attached hydrogen (secondary N) is 2. The minimum Gasteiger partial charge on any atom is -0.376 e. The van der Waals surface area contributed by atoms with Gasteiger partial charge in [0.1, 0.15) is 22.8 Å². The van der Waals surface area contributed by atoms with Gasteiger partial charge in [-0.3, -0.25) is 4.79 Å². The highest BCUT2D eigenvalue weighted by atomic mass is 32.1. The van der Waals surface area contributed by atoms with Crippen LogP contribution < -0.4 is 10.9 Å². The highest BCUT2D eigenvalue weighted by Gasteiger charge is 2.16. The molecule has 4 heterocycles. The third kappa shape index (κ3) is 2.78. The van der Waals surface area contributed by atoms with Crippen LogP contribution in [0.25, 0.3) is 10.2 Å². The Morgan fingerprint density at radius 1 is 1.42 bits per heavy atom. The number of ether oxygens (including phenoxy) is 1. The summed E-state index contributed by atoms with van der Waals surface area (Å²) in [5.41, 5.74) is 1.35. The van der Waals surface area contributed by atoms with Crippen molar-refractivity contribution in [2.45, 2.75) is 32.9 Å². The van der Waals surface area contributed by atoms with Gasteiger partial charge in [-0.2, -0.15) is 0 Å². The predicted octanol–water partition coefficient (Wildman–Crippen LogP) is 2.02. The fourth-order valence-corrected chi connectivity index (χ4v) is 3.70. The van der Waals surface area contributed by atoms with Gasteiger partial charge < -0.3 is 15.0 Å². The minimum absolute atomic E-state index is 0.117. The third-order valence-corrected chi connectivity index (χ3v) is 5.22. The quantitative estimate of drug-likeness (QED) is 0.753. The molecule has 8 heteroatoms. The van der Waals surface area contributed by atoms with Gasteiger partial charge in [-0.25, -0.2) is 15.0 Å². The van der Waals surface area contributed by atoms with Gasteiger partial charge in [-0.15, -0.1) is 11.3 Å². The summed E-state index contributed by atoms with van der Waals surface area (Å²) in [5.74, 6) is 1.37. The van der Waals surface area contributed by atoms with Crippen LogP contribution in [0, 0.1) is 0 Å². The van der Waals surface area contributed by atoms with Gasteiger partial charge in [-0.05, 0) is 12.5 Å². The molecule has 1 aliphatic rings. The maximum Gasteiger partial charge on any atom is 0.256 e. The molecule has 1 aliphatic heterocycles. The van der Waals surface area contributed by atoms with Crippen molar-refractivity contribution in [1.82, 2.24) is 19.9 Å². The Labute approximate surface area is 142 Å². The van der Waals surface area contributed by atoms with Crippen molar-refractivity contribution in [2.24, 2.45) is 0 Å². The van der Waals surface area contributed by atoms with Crippen LogP contribution in [-0.4, -0.2) is 26.5 Å². The zero-order chi connectivity index (χ0) is 16.5. The lowest BCUT2D eigenvalue weighted by molar-refractivity contribution is 0.108. The molecule has 0 spiro atoms. The molecule has 0 aliphatic carbocycles. The minimum atomic E-state index is -0.117. The molecular formula is C16H17N5O2S. The van der Waals surface area contributed by atoms with E-state index in [1.807, 2.05) is 0 Å². The Morgan fingerprint density at radius 2 is 2.33 bits per heavy atom. The van der Waals surface area contributed by atoms with Crippen LogP contribution in [0.4, 0.5) is 5.82 Å². The number of fused-ring (bicyclic) bond motifs is 2. The first kappa shape index (κ1) is 15.2. The fourth-order valence-electron chi connectivity index (χ4n) is 2.77. The number of aromatic amines is 1. The van der Waals surface area contributed by atoms with Crippen LogP contribution >= 0.6 is 11.3 Å². The Bertz CT molecular complexity index is 949. The highest BCUT2D eigenvalue weighted by Crippen LogP contribution is 2.28.